The number of hydrogen-bond acceptors (Lipinski definition) is 4. The van der Waals surface area contributed by atoms with Crippen LogP contribution in [0.3, 0.4) is 0 Å². The average Bonchev–Trinajstić information content (AvgIpc) is 2.13. The lowest BCUT2D eigenvalue weighted by atomic mass is 10.1. The van der Waals surface area contributed by atoms with Gasteiger partial charge in [-0.1, -0.05) is 0 Å². The maximum atomic E-state index is 11.7. The highest BCUT2D eigenvalue weighted by atomic mass is 32.2. The number of nitrogen functional groups attached to an aromatic ring is 1. The summed E-state index contributed by atoms with van der Waals surface area (Å²) in [5.41, 5.74) is 7.46. The molecule has 1 rings (SSSR count). The maximum absolute atomic E-state index is 11.7. The van der Waals surface area contributed by atoms with E-state index in [-0.39, 0.29) is 18.2 Å². The molecule has 6 heteroatoms. The Labute approximate surface area is 101 Å². The molecule has 3 N–H and O–H groups in total. The molecule has 0 aromatic heterocycles. The third-order valence-corrected chi connectivity index (χ3v) is 3.07. The molecule has 17 heavy (non-hydrogen) atoms. The lowest BCUT2D eigenvalue weighted by Gasteiger charge is -2.06. The SMILES string of the molecule is Cc1cc(N)cc(C(=O)NCCS(C)(=O)=O)c1. The van der Waals surface area contributed by atoms with Gasteiger partial charge in [-0.2, -0.15) is 0 Å². The monoisotopic (exact) mass is 256 g/mol. The summed E-state index contributed by atoms with van der Waals surface area (Å²) in [5, 5.41) is 2.54. The Morgan fingerprint density at radius 1 is 1.35 bits per heavy atom. The van der Waals surface area contributed by atoms with E-state index in [0.29, 0.717) is 11.3 Å². The zero-order chi connectivity index (χ0) is 13.1. The Morgan fingerprint density at radius 2 is 2.00 bits per heavy atom. The number of sulfone groups is 1. The Hall–Kier alpha value is -1.56. The summed E-state index contributed by atoms with van der Waals surface area (Å²) < 4.78 is 21.8. The summed E-state index contributed by atoms with van der Waals surface area (Å²) in [6, 6.07) is 5.02. The molecule has 0 spiro atoms. The average molecular weight is 256 g/mol. The highest BCUT2D eigenvalue weighted by Crippen LogP contribution is 2.10. The molecular weight excluding hydrogens is 240 g/mol. The van der Waals surface area contributed by atoms with Gasteiger partial charge in [-0.15, -0.1) is 0 Å². The van der Waals surface area contributed by atoms with Crippen LogP contribution in [0.25, 0.3) is 0 Å². The molecule has 0 aliphatic carbocycles. The number of hydrogen-bond donors (Lipinski definition) is 2. The van der Waals surface area contributed by atoms with Gasteiger partial charge in [-0.3, -0.25) is 4.79 Å². The van der Waals surface area contributed by atoms with E-state index in [2.05, 4.69) is 5.32 Å². The van der Waals surface area contributed by atoms with E-state index >= 15 is 0 Å². The summed E-state index contributed by atoms with van der Waals surface area (Å²) in [7, 11) is -3.06. The number of rotatable bonds is 4. The van der Waals surface area contributed by atoms with Crippen molar-refractivity contribution < 1.29 is 13.2 Å². The van der Waals surface area contributed by atoms with Crippen LogP contribution in [0.2, 0.25) is 0 Å². The predicted molar refractivity (Wildman–Crippen MR) is 67.6 cm³/mol. The van der Waals surface area contributed by atoms with Crippen molar-refractivity contribution in [3.05, 3.63) is 29.3 Å². The van der Waals surface area contributed by atoms with Gasteiger partial charge in [0.15, 0.2) is 0 Å². The molecule has 0 bridgehead atoms. The van der Waals surface area contributed by atoms with Crippen LogP contribution in [0.15, 0.2) is 18.2 Å². The molecule has 0 aliphatic heterocycles. The standard InChI is InChI=1S/C11H16N2O3S/c1-8-5-9(7-10(12)6-8)11(14)13-3-4-17(2,15)16/h5-7H,3-4,12H2,1-2H3,(H,13,14). The first-order valence-electron chi connectivity index (χ1n) is 5.11. The molecule has 5 nitrogen and oxygen atoms in total. The molecule has 1 aromatic rings. The summed E-state index contributed by atoms with van der Waals surface area (Å²) in [6.07, 6.45) is 1.13. The van der Waals surface area contributed by atoms with Gasteiger partial charge in [-0.25, -0.2) is 8.42 Å². The molecule has 0 radical (unpaired) electrons. The van der Waals surface area contributed by atoms with Gasteiger partial charge in [0.2, 0.25) is 0 Å². The number of nitrogens with one attached hydrogen (secondary N) is 1. The molecule has 0 heterocycles. The summed E-state index contributed by atoms with van der Waals surface area (Å²) >= 11 is 0. The van der Waals surface area contributed by atoms with E-state index in [4.69, 9.17) is 5.73 Å². The fraction of sp³-hybridized carbons (Fsp3) is 0.364. The topological polar surface area (TPSA) is 89.3 Å². The Bertz CT molecular complexity index is 503. The van der Waals surface area contributed by atoms with Crippen molar-refractivity contribution in [3.63, 3.8) is 0 Å². The van der Waals surface area contributed by atoms with E-state index in [1.807, 2.05) is 6.92 Å². The number of carbonyl (C=O) groups excluding carboxylic acids is 1. The van der Waals surface area contributed by atoms with Gasteiger partial charge in [-0.05, 0) is 30.7 Å². The third-order valence-electron chi connectivity index (χ3n) is 2.12. The van der Waals surface area contributed by atoms with Gasteiger partial charge in [0.25, 0.3) is 5.91 Å². The van der Waals surface area contributed by atoms with Crippen molar-refractivity contribution in [1.29, 1.82) is 0 Å². The Kier molecular flexibility index (Phi) is 4.11. The molecule has 0 aliphatic rings. The minimum absolute atomic E-state index is 0.0694. The largest absolute Gasteiger partial charge is 0.399 e. The lowest BCUT2D eigenvalue weighted by molar-refractivity contribution is 0.0956. The molecule has 0 unspecified atom stereocenters. The van der Waals surface area contributed by atoms with Crippen LogP contribution < -0.4 is 11.1 Å². The first kappa shape index (κ1) is 13.5. The van der Waals surface area contributed by atoms with Crippen LogP contribution in [0.5, 0.6) is 0 Å². The Morgan fingerprint density at radius 3 is 2.53 bits per heavy atom. The second-order valence-corrected chi connectivity index (χ2v) is 6.28. The van der Waals surface area contributed by atoms with Crippen molar-refractivity contribution in [2.75, 3.05) is 24.3 Å². The van der Waals surface area contributed by atoms with E-state index < -0.39 is 9.84 Å². The zero-order valence-electron chi connectivity index (χ0n) is 9.86. The predicted octanol–water partition coefficient (Wildman–Crippen LogP) is 0.352. The first-order chi connectivity index (χ1) is 7.78. The fourth-order valence-electron chi connectivity index (χ4n) is 1.40. The second kappa shape index (κ2) is 5.18. The van der Waals surface area contributed by atoms with Gasteiger partial charge in [0, 0.05) is 24.1 Å². The maximum Gasteiger partial charge on any atom is 0.251 e. The van der Waals surface area contributed by atoms with Crippen molar-refractivity contribution >= 4 is 21.4 Å². The van der Waals surface area contributed by atoms with Gasteiger partial charge >= 0.3 is 0 Å². The van der Waals surface area contributed by atoms with Gasteiger partial charge in [0.1, 0.15) is 9.84 Å². The number of aryl methyl sites for hydroxylation is 1. The first-order valence-corrected chi connectivity index (χ1v) is 7.17. The summed E-state index contributed by atoms with van der Waals surface area (Å²) in [6.45, 7) is 1.94. The minimum Gasteiger partial charge on any atom is -0.399 e. The molecule has 0 saturated carbocycles. The summed E-state index contributed by atoms with van der Waals surface area (Å²) in [4.78, 5) is 11.7. The van der Waals surface area contributed by atoms with Gasteiger partial charge in [0.05, 0.1) is 5.75 Å². The number of carbonyl (C=O) groups is 1. The van der Waals surface area contributed by atoms with Crippen LogP contribution in [-0.4, -0.2) is 32.9 Å². The van der Waals surface area contributed by atoms with Crippen LogP contribution in [0.1, 0.15) is 15.9 Å². The van der Waals surface area contributed by atoms with Crippen LogP contribution in [-0.2, 0) is 9.84 Å². The number of benzene rings is 1. The van der Waals surface area contributed by atoms with Gasteiger partial charge < -0.3 is 11.1 Å². The highest BCUT2D eigenvalue weighted by molar-refractivity contribution is 7.90. The normalized spacial score (nSPS) is 11.2. The molecule has 94 valence electrons. The quantitative estimate of drug-likeness (QED) is 0.761. The zero-order valence-corrected chi connectivity index (χ0v) is 10.7. The number of amides is 1. The number of nitrogens with two attached hydrogens (primary N) is 1. The molecule has 0 fully saturated rings. The molecular formula is C11H16N2O3S. The van der Waals surface area contributed by atoms with E-state index in [1.165, 1.54) is 0 Å². The highest BCUT2D eigenvalue weighted by Gasteiger charge is 2.08. The van der Waals surface area contributed by atoms with Crippen molar-refractivity contribution in [2.24, 2.45) is 0 Å². The van der Waals surface area contributed by atoms with Crippen LogP contribution in [0, 0.1) is 6.92 Å². The van der Waals surface area contributed by atoms with Crippen LogP contribution in [0.4, 0.5) is 5.69 Å². The van der Waals surface area contributed by atoms with E-state index in [9.17, 15) is 13.2 Å². The molecule has 1 aromatic carbocycles. The van der Waals surface area contributed by atoms with Crippen LogP contribution >= 0.6 is 0 Å². The third kappa shape index (κ3) is 4.86. The smallest absolute Gasteiger partial charge is 0.251 e. The minimum atomic E-state index is -3.06. The molecule has 1 amide bonds. The fourth-order valence-corrected chi connectivity index (χ4v) is 1.87. The second-order valence-electron chi connectivity index (χ2n) is 4.02. The van der Waals surface area contributed by atoms with E-state index in [0.717, 1.165) is 11.8 Å². The number of anilines is 1. The molecule has 0 atom stereocenters. The van der Waals surface area contributed by atoms with Crippen molar-refractivity contribution in [1.82, 2.24) is 5.32 Å². The van der Waals surface area contributed by atoms with Crippen molar-refractivity contribution in [2.45, 2.75) is 6.92 Å². The summed E-state index contributed by atoms with van der Waals surface area (Å²) in [5.74, 6) is -0.385. The van der Waals surface area contributed by atoms with E-state index in [1.54, 1.807) is 18.2 Å². The lowest BCUT2D eigenvalue weighted by Crippen LogP contribution is -2.28. The van der Waals surface area contributed by atoms with Crippen molar-refractivity contribution in [3.8, 4) is 0 Å². The molecule has 0 saturated heterocycles. The Balaban J connectivity index is 2.64.